The SMILES string of the molecule is Cn1cnc(CNCC2Cc3ccccc3O2)n1. The van der Waals surface area contributed by atoms with Gasteiger partial charge in [0.2, 0.25) is 0 Å². The van der Waals surface area contributed by atoms with Gasteiger partial charge in [-0.3, -0.25) is 4.68 Å². The van der Waals surface area contributed by atoms with Gasteiger partial charge in [-0.2, -0.15) is 5.10 Å². The number of nitrogens with one attached hydrogen (secondary N) is 1. The molecule has 0 fully saturated rings. The molecule has 0 spiro atoms. The second-order valence-electron chi connectivity index (χ2n) is 4.52. The Morgan fingerprint density at radius 3 is 3.11 bits per heavy atom. The molecule has 1 aromatic heterocycles. The van der Waals surface area contributed by atoms with E-state index in [1.54, 1.807) is 11.0 Å². The van der Waals surface area contributed by atoms with Crippen LogP contribution < -0.4 is 10.1 Å². The normalized spacial score (nSPS) is 17.5. The van der Waals surface area contributed by atoms with Crippen molar-refractivity contribution in [2.75, 3.05) is 6.54 Å². The Balaban J connectivity index is 1.48. The van der Waals surface area contributed by atoms with E-state index < -0.39 is 0 Å². The summed E-state index contributed by atoms with van der Waals surface area (Å²) in [6.45, 7) is 1.49. The van der Waals surface area contributed by atoms with Gasteiger partial charge in [0.05, 0.1) is 6.54 Å². The smallest absolute Gasteiger partial charge is 0.164 e. The van der Waals surface area contributed by atoms with Gasteiger partial charge < -0.3 is 10.1 Å². The van der Waals surface area contributed by atoms with E-state index in [2.05, 4.69) is 27.5 Å². The molecular formula is C13H16N4O. The Morgan fingerprint density at radius 2 is 2.33 bits per heavy atom. The van der Waals surface area contributed by atoms with Crippen LogP contribution in [0.3, 0.4) is 0 Å². The Morgan fingerprint density at radius 1 is 1.44 bits per heavy atom. The van der Waals surface area contributed by atoms with Crippen LogP contribution in [-0.2, 0) is 20.0 Å². The lowest BCUT2D eigenvalue weighted by Gasteiger charge is -2.10. The number of para-hydroxylation sites is 1. The molecule has 0 saturated carbocycles. The minimum Gasteiger partial charge on any atom is -0.488 e. The van der Waals surface area contributed by atoms with Crippen LogP contribution in [0.15, 0.2) is 30.6 Å². The molecule has 18 heavy (non-hydrogen) atoms. The van der Waals surface area contributed by atoms with Gasteiger partial charge in [-0.25, -0.2) is 4.98 Å². The third kappa shape index (κ3) is 2.36. The number of aryl methyl sites for hydroxylation is 1. The van der Waals surface area contributed by atoms with Crippen molar-refractivity contribution >= 4 is 0 Å². The first-order chi connectivity index (χ1) is 8.81. The fourth-order valence-electron chi connectivity index (χ4n) is 2.18. The third-order valence-electron chi connectivity index (χ3n) is 3.02. The quantitative estimate of drug-likeness (QED) is 0.868. The van der Waals surface area contributed by atoms with Crippen molar-refractivity contribution in [2.24, 2.45) is 7.05 Å². The number of fused-ring (bicyclic) bond motifs is 1. The van der Waals surface area contributed by atoms with Crippen LogP contribution in [0.1, 0.15) is 11.4 Å². The minimum absolute atomic E-state index is 0.214. The molecule has 1 unspecified atom stereocenters. The molecule has 1 aliphatic rings. The lowest BCUT2D eigenvalue weighted by molar-refractivity contribution is 0.227. The maximum Gasteiger partial charge on any atom is 0.164 e. The number of hydrogen-bond acceptors (Lipinski definition) is 4. The van der Waals surface area contributed by atoms with Gasteiger partial charge in [0.25, 0.3) is 0 Å². The van der Waals surface area contributed by atoms with Crippen molar-refractivity contribution in [3.05, 3.63) is 42.0 Å². The average molecular weight is 244 g/mol. The van der Waals surface area contributed by atoms with Gasteiger partial charge in [-0.1, -0.05) is 18.2 Å². The molecule has 0 amide bonds. The molecule has 0 bridgehead atoms. The number of ether oxygens (including phenoxy) is 1. The summed E-state index contributed by atoms with van der Waals surface area (Å²) in [6.07, 6.45) is 2.89. The van der Waals surface area contributed by atoms with Crippen LogP contribution in [0, 0.1) is 0 Å². The van der Waals surface area contributed by atoms with E-state index in [1.807, 2.05) is 19.2 Å². The second-order valence-corrected chi connectivity index (χ2v) is 4.52. The standard InChI is InChI=1S/C13H16N4O/c1-17-9-15-13(16-17)8-14-7-11-6-10-4-2-3-5-12(10)18-11/h2-5,9,11,14H,6-8H2,1H3. The molecule has 2 aromatic rings. The number of hydrogen-bond donors (Lipinski definition) is 1. The van der Waals surface area contributed by atoms with Crippen molar-refractivity contribution in [1.29, 1.82) is 0 Å². The van der Waals surface area contributed by atoms with Crippen molar-refractivity contribution in [2.45, 2.75) is 19.1 Å². The summed E-state index contributed by atoms with van der Waals surface area (Å²) in [5.41, 5.74) is 1.29. The van der Waals surface area contributed by atoms with Crippen LogP contribution in [0.4, 0.5) is 0 Å². The zero-order valence-corrected chi connectivity index (χ0v) is 10.3. The Labute approximate surface area is 106 Å². The molecule has 5 heteroatoms. The highest BCUT2D eigenvalue weighted by atomic mass is 16.5. The lowest BCUT2D eigenvalue weighted by atomic mass is 10.1. The van der Waals surface area contributed by atoms with Gasteiger partial charge in [0, 0.05) is 20.0 Å². The summed E-state index contributed by atoms with van der Waals surface area (Å²) < 4.78 is 7.55. The zero-order chi connectivity index (χ0) is 12.4. The highest BCUT2D eigenvalue weighted by Gasteiger charge is 2.21. The summed E-state index contributed by atoms with van der Waals surface area (Å²) >= 11 is 0. The molecule has 1 aliphatic heterocycles. The maximum atomic E-state index is 5.84. The highest BCUT2D eigenvalue weighted by molar-refractivity contribution is 5.37. The molecule has 3 rings (SSSR count). The Hall–Kier alpha value is -1.88. The number of nitrogens with zero attached hydrogens (tertiary/aromatic N) is 3. The molecule has 0 saturated heterocycles. The molecule has 94 valence electrons. The number of benzene rings is 1. The Bertz CT molecular complexity index is 512. The molecule has 5 nitrogen and oxygen atoms in total. The van der Waals surface area contributed by atoms with E-state index in [0.29, 0.717) is 6.54 Å². The third-order valence-corrected chi connectivity index (χ3v) is 3.02. The van der Waals surface area contributed by atoms with Gasteiger partial charge in [-0.15, -0.1) is 0 Å². The summed E-state index contributed by atoms with van der Waals surface area (Å²) in [4.78, 5) is 4.17. The fourth-order valence-corrected chi connectivity index (χ4v) is 2.18. The topological polar surface area (TPSA) is 52.0 Å². The number of rotatable bonds is 4. The molecular weight excluding hydrogens is 228 g/mol. The lowest BCUT2D eigenvalue weighted by Crippen LogP contribution is -2.30. The molecule has 1 atom stereocenters. The largest absolute Gasteiger partial charge is 0.488 e. The summed E-state index contributed by atoms with van der Waals surface area (Å²) in [5.74, 6) is 1.83. The Kier molecular flexibility index (Phi) is 2.98. The zero-order valence-electron chi connectivity index (χ0n) is 10.3. The van der Waals surface area contributed by atoms with E-state index in [4.69, 9.17) is 4.74 Å². The predicted octanol–water partition coefficient (Wildman–Crippen LogP) is 0.908. The first kappa shape index (κ1) is 11.2. The summed E-state index contributed by atoms with van der Waals surface area (Å²) in [7, 11) is 1.87. The summed E-state index contributed by atoms with van der Waals surface area (Å²) in [5, 5.41) is 7.54. The first-order valence-electron chi connectivity index (χ1n) is 6.11. The molecule has 1 aromatic carbocycles. The van der Waals surface area contributed by atoms with E-state index >= 15 is 0 Å². The van der Waals surface area contributed by atoms with Gasteiger partial charge in [-0.05, 0) is 11.6 Å². The van der Waals surface area contributed by atoms with E-state index in [0.717, 1.165) is 24.5 Å². The minimum atomic E-state index is 0.214. The molecule has 2 heterocycles. The molecule has 0 aliphatic carbocycles. The predicted molar refractivity (Wildman–Crippen MR) is 67.3 cm³/mol. The van der Waals surface area contributed by atoms with Crippen LogP contribution >= 0.6 is 0 Å². The fraction of sp³-hybridized carbons (Fsp3) is 0.385. The highest BCUT2D eigenvalue weighted by Crippen LogP contribution is 2.27. The van der Waals surface area contributed by atoms with Crippen molar-refractivity contribution in [3.63, 3.8) is 0 Å². The van der Waals surface area contributed by atoms with Gasteiger partial charge >= 0.3 is 0 Å². The van der Waals surface area contributed by atoms with Gasteiger partial charge in [0.15, 0.2) is 5.82 Å². The maximum absolute atomic E-state index is 5.84. The van der Waals surface area contributed by atoms with Crippen molar-refractivity contribution < 1.29 is 4.74 Å². The first-order valence-corrected chi connectivity index (χ1v) is 6.11. The second kappa shape index (κ2) is 4.78. The van der Waals surface area contributed by atoms with Crippen molar-refractivity contribution in [3.8, 4) is 5.75 Å². The molecule has 0 radical (unpaired) electrons. The summed E-state index contributed by atoms with van der Waals surface area (Å²) in [6, 6.07) is 8.20. The van der Waals surface area contributed by atoms with Crippen molar-refractivity contribution in [1.82, 2.24) is 20.1 Å². The average Bonchev–Trinajstić information content (AvgIpc) is 2.95. The van der Waals surface area contributed by atoms with Crippen LogP contribution in [0.25, 0.3) is 0 Å². The van der Waals surface area contributed by atoms with Crippen LogP contribution in [0.2, 0.25) is 0 Å². The van der Waals surface area contributed by atoms with E-state index in [9.17, 15) is 0 Å². The van der Waals surface area contributed by atoms with E-state index in [1.165, 1.54) is 5.56 Å². The van der Waals surface area contributed by atoms with Crippen LogP contribution in [0.5, 0.6) is 5.75 Å². The van der Waals surface area contributed by atoms with E-state index in [-0.39, 0.29) is 6.10 Å². The monoisotopic (exact) mass is 244 g/mol. The number of aromatic nitrogens is 3. The molecule has 1 N–H and O–H groups in total. The van der Waals surface area contributed by atoms with Crippen LogP contribution in [-0.4, -0.2) is 27.4 Å². The van der Waals surface area contributed by atoms with Gasteiger partial charge in [0.1, 0.15) is 18.2 Å².